The highest BCUT2D eigenvalue weighted by Gasteiger charge is 2.06. The van der Waals surface area contributed by atoms with Crippen LogP contribution in [-0.4, -0.2) is 0 Å². The lowest BCUT2D eigenvalue weighted by molar-refractivity contribution is -0.697. The lowest BCUT2D eigenvalue weighted by atomic mass is 10.1. The second-order valence-electron chi connectivity index (χ2n) is 7.18. The molecule has 5 rings (SSSR count). The molecule has 2 nitrogen and oxygen atoms in total. The van der Waals surface area contributed by atoms with Gasteiger partial charge in [0.15, 0.2) is 24.8 Å². The molecule has 0 atom stereocenters. The molecule has 0 fully saturated rings. The average Bonchev–Trinajstić information content (AvgIpc) is 2.63. The summed E-state index contributed by atoms with van der Waals surface area (Å²) in [5.74, 6) is 0. The van der Waals surface area contributed by atoms with E-state index in [9.17, 15) is 0 Å². The van der Waals surface area contributed by atoms with Crippen LogP contribution in [0, 0.1) is 0 Å². The lowest BCUT2D eigenvalue weighted by Crippen LogP contribution is -3.00. The molecule has 0 spiro atoms. The van der Waals surface area contributed by atoms with E-state index in [1.54, 1.807) is 0 Å². The van der Waals surface area contributed by atoms with Gasteiger partial charge in [-0.1, -0.05) is 38.5 Å². The van der Waals surface area contributed by atoms with Crippen molar-refractivity contribution >= 4 is 0 Å². The fourth-order valence-corrected chi connectivity index (χ4v) is 3.60. The Morgan fingerprint density at radius 3 is 1.00 bits per heavy atom. The predicted molar refractivity (Wildman–Crippen MR) is 98.4 cm³/mol. The first-order valence-corrected chi connectivity index (χ1v) is 9.90. The predicted octanol–water partition coefficient (Wildman–Crippen LogP) is -1.15. The molecule has 26 heavy (non-hydrogen) atoms. The number of fused-ring (bicyclic) bond motifs is 2. The molecule has 2 aromatic rings. The van der Waals surface area contributed by atoms with Crippen molar-refractivity contribution in [2.75, 3.05) is 0 Å². The van der Waals surface area contributed by atoms with E-state index in [1.165, 1.54) is 75.3 Å². The van der Waals surface area contributed by atoms with Gasteiger partial charge in [0.05, 0.1) is 0 Å². The van der Waals surface area contributed by atoms with Crippen LogP contribution < -0.4 is 43.1 Å². The van der Waals surface area contributed by atoms with Crippen LogP contribution in [0.4, 0.5) is 0 Å². The molecule has 4 bridgehead atoms. The van der Waals surface area contributed by atoms with Crippen molar-refractivity contribution in [1.82, 2.24) is 0 Å². The summed E-state index contributed by atoms with van der Waals surface area (Å²) >= 11 is 0. The highest BCUT2D eigenvalue weighted by Crippen LogP contribution is 2.16. The van der Waals surface area contributed by atoms with Crippen LogP contribution in [0.3, 0.4) is 0 Å². The Bertz CT molecular complexity index is 541. The van der Waals surface area contributed by atoms with E-state index in [4.69, 9.17) is 0 Å². The minimum atomic E-state index is 0. The van der Waals surface area contributed by atoms with Gasteiger partial charge in [-0.15, -0.1) is 0 Å². The highest BCUT2D eigenvalue weighted by atomic mass is 79.9. The molecule has 2 aromatic heterocycles. The first kappa shape index (κ1) is 23.3. The topological polar surface area (TPSA) is 7.76 Å². The Hall–Kier alpha value is -0.740. The minimum absolute atomic E-state index is 0. The van der Waals surface area contributed by atoms with Crippen molar-refractivity contribution in [3.05, 3.63) is 49.1 Å². The molecule has 144 valence electrons. The van der Waals surface area contributed by atoms with Crippen LogP contribution in [0.2, 0.25) is 0 Å². The molecule has 0 aromatic carbocycles. The molecule has 0 saturated heterocycles. The van der Waals surface area contributed by atoms with E-state index < -0.39 is 0 Å². The van der Waals surface area contributed by atoms with Gasteiger partial charge in [0.2, 0.25) is 0 Å². The Morgan fingerprint density at radius 1 is 0.423 bits per heavy atom. The minimum Gasteiger partial charge on any atom is -1.00 e. The van der Waals surface area contributed by atoms with Gasteiger partial charge < -0.3 is 34.0 Å². The zero-order valence-corrected chi connectivity index (χ0v) is 18.9. The summed E-state index contributed by atoms with van der Waals surface area (Å²) in [5.41, 5.74) is 2.63. The molecule has 3 aliphatic heterocycles. The third kappa shape index (κ3) is 7.87. The summed E-state index contributed by atoms with van der Waals surface area (Å²) in [6.45, 7) is 2.30. The van der Waals surface area contributed by atoms with Crippen LogP contribution in [0.25, 0.3) is 11.1 Å². The zero-order valence-electron chi connectivity index (χ0n) is 15.8. The van der Waals surface area contributed by atoms with Crippen LogP contribution in [0.15, 0.2) is 49.1 Å². The molecule has 0 unspecified atom stereocenters. The molecular weight excluding hydrogens is 452 g/mol. The van der Waals surface area contributed by atoms with Crippen molar-refractivity contribution in [3.8, 4) is 11.1 Å². The summed E-state index contributed by atoms with van der Waals surface area (Å²) < 4.78 is 4.65. The normalized spacial score (nSPS) is 16.3. The fourth-order valence-electron chi connectivity index (χ4n) is 3.60. The van der Waals surface area contributed by atoms with E-state index in [2.05, 4.69) is 58.2 Å². The van der Waals surface area contributed by atoms with Gasteiger partial charge in [0.25, 0.3) is 0 Å². The summed E-state index contributed by atoms with van der Waals surface area (Å²) in [6, 6.07) is 8.99. The molecule has 0 saturated carbocycles. The zero-order chi connectivity index (χ0) is 16.5. The second kappa shape index (κ2) is 13.4. The summed E-state index contributed by atoms with van der Waals surface area (Å²) in [7, 11) is 0. The second-order valence-corrected chi connectivity index (χ2v) is 7.18. The maximum Gasteiger partial charge on any atom is 0.169 e. The standard InChI is InChI=1S/C22H32N2.2BrH/c1-2-4-6-8-10-16-24-19-13-22(14-20-24)21-11-17-23(18-12-21)15-9-7-5-3-1;;/h11-14,17-20H,1-10,15-16H2;2*1H/q+2;;/p-2. The third-order valence-corrected chi connectivity index (χ3v) is 5.20. The summed E-state index contributed by atoms with van der Waals surface area (Å²) in [6.07, 6.45) is 22.8. The molecule has 0 radical (unpaired) electrons. The Morgan fingerprint density at radius 2 is 0.692 bits per heavy atom. The van der Waals surface area contributed by atoms with E-state index in [0.717, 1.165) is 13.1 Å². The molecule has 4 heteroatoms. The largest absolute Gasteiger partial charge is 1.00 e. The van der Waals surface area contributed by atoms with Crippen LogP contribution in [-0.2, 0) is 13.1 Å². The number of halogens is 2. The number of hydrogen-bond donors (Lipinski definition) is 0. The smallest absolute Gasteiger partial charge is 0.169 e. The van der Waals surface area contributed by atoms with E-state index >= 15 is 0 Å². The number of hydrogen-bond acceptors (Lipinski definition) is 0. The van der Waals surface area contributed by atoms with Crippen molar-refractivity contribution in [2.24, 2.45) is 0 Å². The van der Waals surface area contributed by atoms with Crippen molar-refractivity contribution in [2.45, 2.75) is 77.3 Å². The van der Waals surface area contributed by atoms with Crippen LogP contribution >= 0.6 is 0 Å². The fraction of sp³-hybridized carbons (Fsp3) is 0.545. The molecule has 3 aliphatic rings. The number of nitrogens with zero attached hydrogens (tertiary/aromatic N) is 2. The Kier molecular flexibility index (Phi) is 12.0. The van der Waals surface area contributed by atoms with Gasteiger partial charge >= 0.3 is 0 Å². The monoisotopic (exact) mass is 482 g/mol. The van der Waals surface area contributed by atoms with Crippen LogP contribution in [0.5, 0.6) is 0 Å². The van der Waals surface area contributed by atoms with Gasteiger partial charge in [-0.05, 0) is 24.0 Å². The highest BCUT2D eigenvalue weighted by molar-refractivity contribution is 5.60. The van der Waals surface area contributed by atoms with Gasteiger partial charge in [-0.25, -0.2) is 9.13 Å². The molecule has 0 aliphatic carbocycles. The summed E-state index contributed by atoms with van der Waals surface area (Å²) in [4.78, 5) is 0. The quantitative estimate of drug-likeness (QED) is 0.418. The Balaban J connectivity index is 0.00000169. The first-order chi connectivity index (χ1) is 11.9. The van der Waals surface area contributed by atoms with Gasteiger partial charge in [-0.3, -0.25) is 0 Å². The van der Waals surface area contributed by atoms with Gasteiger partial charge in [0.1, 0.15) is 13.1 Å². The SMILES string of the molecule is [Br-].[Br-].c1c[n+]2ccc1-c1cc[n+](cc1)CCCCCCCCCCCC2. The van der Waals surface area contributed by atoms with E-state index in [1.807, 2.05) is 0 Å². The number of aromatic nitrogens is 2. The van der Waals surface area contributed by atoms with E-state index in [-0.39, 0.29) is 34.0 Å². The van der Waals surface area contributed by atoms with Crippen molar-refractivity contribution < 1.29 is 43.1 Å². The molecular formula is C22H32Br2N2. The number of pyridine rings is 2. The van der Waals surface area contributed by atoms with Gasteiger partial charge in [-0.2, -0.15) is 0 Å². The number of rotatable bonds is 0. The van der Waals surface area contributed by atoms with E-state index in [0.29, 0.717) is 0 Å². The van der Waals surface area contributed by atoms with Gasteiger partial charge in [0, 0.05) is 37.1 Å². The third-order valence-electron chi connectivity index (χ3n) is 5.20. The molecule has 0 N–H and O–H groups in total. The molecule has 5 heterocycles. The van der Waals surface area contributed by atoms with Crippen molar-refractivity contribution in [3.63, 3.8) is 0 Å². The first-order valence-electron chi connectivity index (χ1n) is 9.90. The number of aryl methyl sites for hydroxylation is 2. The summed E-state index contributed by atoms with van der Waals surface area (Å²) in [5, 5.41) is 0. The molecule has 0 amide bonds. The van der Waals surface area contributed by atoms with Crippen LogP contribution in [0.1, 0.15) is 64.2 Å². The van der Waals surface area contributed by atoms with Crippen molar-refractivity contribution in [1.29, 1.82) is 0 Å². The Labute approximate surface area is 180 Å². The average molecular weight is 484 g/mol. The maximum atomic E-state index is 2.32. The lowest BCUT2D eigenvalue weighted by Gasteiger charge is -2.04. The maximum absolute atomic E-state index is 2.32.